The van der Waals surface area contributed by atoms with E-state index in [-0.39, 0.29) is 5.97 Å². The zero-order valence-electron chi connectivity index (χ0n) is 12.5. The van der Waals surface area contributed by atoms with Crippen molar-refractivity contribution in [2.24, 2.45) is 0 Å². The molecule has 0 aliphatic rings. The van der Waals surface area contributed by atoms with E-state index in [9.17, 15) is 4.79 Å². The normalized spacial score (nSPS) is 11.4. The minimum absolute atomic E-state index is 0.303. The van der Waals surface area contributed by atoms with E-state index in [0.717, 1.165) is 5.56 Å². The molecular formula is C15H19N3O3. The van der Waals surface area contributed by atoms with Crippen LogP contribution in [-0.4, -0.2) is 27.7 Å². The predicted octanol–water partition coefficient (Wildman–Crippen LogP) is 2.75. The number of hydrogen-bond donors (Lipinski definition) is 0. The van der Waals surface area contributed by atoms with E-state index >= 15 is 0 Å². The highest BCUT2D eigenvalue weighted by Crippen LogP contribution is 2.33. The van der Waals surface area contributed by atoms with Crippen LogP contribution in [0.15, 0.2) is 29.0 Å². The Hall–Kier alpha value is -2.24. The van der Waals surface area contributed by atoms with Gasteiger partial charge in [-0.1, -0.05) is 19.0 Å². The van der Waals surface area contributed by atoms with Gasteiger partial charge in [-0.25, -0.2) is 0 Å². The summed E-state index contributed by atoms with van der Waals surface area (Å²) < 4.78 is 10.5. The summed E-state index contributed by atoms with van der Waals surface area (Å²) in [6, 6.07) is 3.58. The van der Waals surface area contributed by atoms with Gasteiger partial charge in [-0.3, -0.25) is 9.78 Å². The molecule has 0 unspecified atom stereocenters. The standard InChI is InChI=1S/C15H19N3O3/c1-4-15(5-2,14(19)20-6-3)13-17-12(18-21-13)11-7-9-16-10-8-11/h7-10H,4-6H2,1-3H3. The second kappa shape index (κ2) is 6.47. The van der Waals surface area contributed by atoms with Crippen LogP contribution in [0.2, 0.25) is 0 Å². The molecule has 6 nitrogen and oxygen atoms in total. The third kappa shape index (κ3) is 2.79. The molecule has 2 heterocycles. The number of aromatic nitrogens is 3. The van der Waals surface area contributed by atoms with Gasteiger partial charge in [-0.15, -0.1) is 0 Å². The molecule has 0 aliphatic heterocycles. The highest BCUT2D eigenvalue weighted by Gasteiger charge is 2.44. The van der Waals surface area contributed by atoms with Crippen LogP contribution in [0.3, 0.4) is 0 Å². The van der Waals surface area contributed by atoms with Crippen molar-refractivity contribution in [3.8, 4) is 11.4 Å². The summed E-state index contributed by atoms with van der Waals surface area (Å²) in [5.74, 6) is 0.431. The van der Waals surface area contributed by atoms with Crippen LogP contribution in [0, 0.1) is 0 Å². The Labute approximate surface area is 123 Å². The van der Waals surface area contributed by atoms with Crippen LogP contribution in [0.5, 0.6) is 0 Å². The Morgan fingerprint density at radius 3 is 2.48 bits per heavy atom. The van der Waals surface area contributed by atoms with E-state index < -0.39 is 5.41 Å². The first kappa shape index (κ1) is 15.2. The molecule has 2 aromatic rings. The smallest absolute Gasteiger partial charge is 0.321 e. The van der Waals surface area contributed by atoms with Crippen molar-refractivity contribution < 1.29 is 14.1 Å². The molecule has 0 radical (unpaired) electrons. The van der Waals surface area contributed by atoms with Gasteiger partial charge in [0.2, 0.25) is 11.7 Å². The van der Waals surface area contributed by atoms with Crippen LogP contribution in [0.1, 0.15) is 39.5 Å². The molecule has 0 bridgehead atoms. The Bertz CT molecular complexity index is 591. The van der Waals surface area contributed by atoms with Crippen molar-refractivity contribution in [3.63, 3.8) is 0 Å². The SMILES string of the molecule is CCOC(=O)C(CC)(CC)c1nc(-c2ccncc2)no1. The minimum Gasteiger partial charge on any atom is -0.465 e. The first-order valence-corrected chi connectivity index (χ1v) is 7.09. The highest BCUT2D eigenvalue weighted by atomic mass is 16.5. The van der Waals surface area contributed by atoms with Crippen molar-refractivity contribution in [1.82, 2.24) is 15.1 Å². The minimum atomic E-state index is -0.881. The van der Waals surface area contributed by atoms with Gasteiger partial charge in [-0.2, -0.15) is 4.98 Å². The number of hydrogen-bond acceptors (Lipinski definition) is 6. The molecule has 0 N–H and O–H groups in total. The molecule has 112 valence electrons. The van der Waals surface area contributed by atoms with Gasteiger partial charge in [0, 0.05) is 18.0 Å². The lowest BCUT2D eigenvalue weighted by molar-refractivity contribution is -0.151. The summed E-state index contributed by atoms with van der Waals surface area (Å²) in [6.07, 6.45) is 4.40. The number of carbonyl (C=O) groups is 1. The van der Waals surface area contributed by atoms with E-state index in [1.807, 2.05) is 13.8 Å². The number of esters is 1. The van der Waals surface area contributed by atoms with E-state index in [1.54, 1.807) is 31.5 Å². The van der Waals surface area contributed by atoms with E-state index in [4.69, 9.17) is 9.26 Å². The molecule has 0 spiro atoms. The van der Waals surface area contributed by atoms with Crippen LogP contribution in [-0.2, 0) is 14.9 Å². The fourth-order valence-electron chi connectivity index (χ4n) is 2.23. The summed E-state index contributed by atoms with van der Waals surface area (Å²) in [4.78, 5) is 20.7. The van der Waals surface area contributed by atoms with Crippen LogP contribution < -0.4 is 0 Å². The summed E-state index contributed by atoms with van der Waals surface area (Å²) in [7, 11) is 0. The van der Waals surface area contributed by atoms with Crippen molar-refractivity contribution in [3.05, 3.63) is 30.4 Å². The lowest BCUT2D eigenvalue weighted by atomic mass is 9.82. The third-order valence-corrected chi connectivity index (χ3v) is 3.65. The van der Waals surface area contributed by atoms with Crippen LogP contribution >= 0.6 is 0 Å². The summed E-state index contributed by atoms with van der Waals surface area (Å²) in [5.41, 5.74) is -0.0844. The molecule has 0 aromatic carbocycles. The molecular weight excluding hydrogens is 270 g/mol. The quantitative estimate of drug-likeness (QED) is 0.761. The number of rotatable bonds is 6. The second-order valence-electron chi connectivity index (χ2n) is 4.67. The second-order valence-corrected chi connectivity index (χ2v) is 4.67. The zero-order chi connectivity index (χ0) is 15.3. The van der Waals surface area contributed by atoms with Gasteiger partial charge in [-0.05, 0) is 31.9 Å². The Kier molecular flexibility index (Phi) is 4.67. The molecule has 2 rings (SSSR count). The molecule has 0 saturated heterocycles. The lowest BCUT2D eigenvalue weighted by Gasteiger charge is -2.24. The topological polar surface area (TPSA) is 78.1 Å². The summed E-state index contributed by atoms with van der Waals surface area (Å²) in [5, 5.41) is 3.97. The summed E-state index contributed by atoms with van der Waals surface area (Å²) >= 11 is 0. The van der Waals surface area contributed by atoms with Gasteiger partial charge in [0.25, 0.3) is 0 Å². The number of ether oxygens (including phenoxy) is 1. The average molecular weight is 289 g/mol. The number of pyridine rings is 1. The zero-order valence-corrected chi connectivity index (χ0v) is 12.5. The molecule has 0 fully saturated rings. The summed E-state index contributed by atoms with van der Waals surface area (Å²) in [6.45, 7) is 5.93. The molecule has 0 aliphatic carbocycles. The Morgan fingerprint density at radius 1 is 1.24 bits per heavy atom. The fraction of sp³-hybridized carbons (Fsp3) is 0.467. The van der Waals surface area contributed by atoms with Gasteiger partial charge in [0.05, 0.1) is 6.61 Å². The molecule has 2 aromatic heterocycles. The predicted molar refractivity (Wildman–Crippen MR) is 76.4 cm³/mol. The number of carbonyl (C=O) groups excluding carboxylic acids is 1. The molecule has 6 heteroatoms. The Morgan fingerprint density at radius 2 is 1.90 bits per heavy atom. The van der Waals surface area contributed by atoms with E-state index in [1.165, 1.54) is 0 Å². The molecule has 21 heavy (non-hydrogen) atoms. The van der Waals surface area contributed by atoms with Crippen LogP contribution in [0.4, 0.5) is 0 Å². The maximum absolute atomic E-state index is 12.3. The highest BCUT2D eigenvalue weighted by molar-refractivity contribution is 5.81. The van der Waals surface area contributed by atoms with Gasteiger partial charge >= 0.3 is 5.97 Å². The maximum Gasteiger partial charge on any atom is 0.321 e. The first-order chi connectivity index (χ1) is 10.2. The number of nitrogens with zero attached hydrogens (tertiary/aromatic N) is 3. The lowest BCUT2D eigenvalue weighted by Crippen LogP contribution is -2.36. The van der Waals surface area contributed by atoms with Crippen molar-refractivity contribution in [1.29, 1.82) is 0 Å². The van der Waals surface area contributed by atoms with Crippen LogP contribution in [0.25, 0.3) is 11.4 Å². The van der Waals surface area contributed by atoms with Crippen molar-refractivity contribution >= 4 is 5.97 Å². The average Bonchev–Trinajstić information content (AvgIpc) is 3.01. The van der Waals surface area contributed by atoms with E-state index in [0.29, 0.717) is 31.2 Å². The monoisotopic (exact) mass is 289 g/mol. The Balaban J connectivity index is 2.39. The maximum atomic E-state index is 12.3. The molecule has 0 amide bonds. The molecule has 0 saturated carbocycles. The van der Waals surface area contributed by atoms with Gasteiger partial charge < -0.3 is 9.26 Å². The third-order valence-electron chi connectivity index (χ3n) is 3.65. The molecule has 0 atom stereocenters. The first-order valence-electron chi connectivity index (χ1n) is 7.09. The van der Waals surface area contributed by atoms with Crippen molar-refractivity contribution in [2.45, 2.75) is 39.0 Å². The largest absolute Gasteiger partial charge is 0.465 e. The van der Waals surface area contributed by atoms with E-state index in [2.05, 4.69) is 15.1 Å². The fourth-order valence-corrected chi connectivity index (χ4v) is 2.23. The van der Waals surface area contributed by atoms with Gasteiger partial charge in [0.1, 0.15) is 5.41 Å². The van der Waals surface area contributed by atoms with Crippen molar-refractivity contribution in [2.75, 3.05) is 6.61 Å². The van der Waals surface area contributed by atoms with Gasteiger partial charge in [0.15, 0.2) is 0 Å².